The lowest BCUT2D eigenvalue weighted by atomic mass is 9.78. The molecule has 4 rings (SSSR count). The molecule has 0 heterocycles. The summed E-state index contributed by atoms with van der Waals surface area (Å²) in [5.74, 6) is 6.12. The molecule has 548 valence electrons. The monoisotopic (exact) mass is 1330 g/mol. The fourth-order valence-corrected chi connectivity index (χ4v) is 11.8. The molecule has 0 saturated heterocycles. The van der Waals surface area contributed by atoms with Gasteiger partial charge in [0.25, 0.3) is 0 Å². The van der Waals surface area contributed by atoms with Crippen LogP contribution in [0.3, 0.4) is 0 Å². The van der Waals surface area contributed by atoms with Crippen molar-refractivity contribution in [3.8, 4) is 0 Å². The molecule has 0 spiro atoms. The summed E-state index contributed by atoms with van der Waals surface area (Å²) in [6, 6.07) is 1.43. The summed E-state index contributed by atoms with van der Waals surface area (Å²) in [6.45, 7) is 50.8. The summed E-state index contributed by atoms with van der Waals surface area (Å²) in [7, 11) is 0. The quantitative estimate of drug-likeness (QED) is 0.0345. The van der Waals surface area contributed by atoms with Gasteiger partial charge in [-0.1, -0.05) is 164 Å². The van der Waals surface area contributed by atoms with Crippen LogP contribution in [0.1, 0.15) is 301 Å². The molecule has 8 unspecified atom stereocenters. The summed E-state index contributed by atoms with van der Waals surface area (Å²) in [4.78, 5) is 71.8. The molecule has 0 aromatic heterocycles. The van der Waals surface area contributed by atoms with Gasteiger partial charge in [-0.3, -0.25) is 28.8 Å². The highest BCUT2D eigenvalue weighted by atomic mass is 16.2. The number of carbonyl (C=O) groups excluding carboxylic acids is 6. The largest absolute Gasteiger partial charge is 0.354 e. The second-order valence-corrected chi connectivity index (χ2v) is 31.2. The summed E-state index contributed by atoms with van der Waals surface area (Å²) in [5.41, 5.74) is 1.25. The van der Waals surface area contributed by atoms with Gasteiger partial charge >= 0.3 is 0 Å². The molecule has 6 N–H and O–H groups in total. The highest BCUT2D eigenvalue weighted by Gasteiger charge is 2.36. The van der Waals surface area contributed by atoms with Gasteiger partial charge in [0.05, 0.1) is 0 Å². The summed E-state index contributed by atoms with van der Waals surface area (Å²) in [5, 5.41) is 18.1. The van der Waals surface area contributed by atoms with E-state index in [0.29, 0.717) is 0 Å². The van der Waals surface area contributed by atoms with Crippen LogP contribution in [-0.2, 0) is 28.8 Å². The van der Waals surface area contributed by atoms with Gasteiger partial charge in [-0.2, -0.15) is 0 Å². The molecule has 6 amide bonds. The Labute approximate surface area is 585 Å². The fraction of sp³-hybridized carbons (Fsp3) is 0.759. The number of allylic oxidation sites excluding steroid dienone is 13. The standard InChI is InChI=1S/C15H27NO.2C14H25NO.C14H27NO.2C13H23NO/c1-4-5-10-14(15(17)16-12(2)3)11-13-8-6-7-9-13;1-5-6-7-12(9-13-8-11(13)4)14(16)15-10(2)3;1-4-5-9-13(10-12-7-6-8-12)14(16)15-11(2)3;1-7-8-9-12(10-14(4,5)6)13(16)15-11(2)3;1-4-5-6-12(9-11-7-8-11)13(15)14-10(2)3;1-6-7-8-12(9-10(2)3)13(15)14-11(4)5/h4-5,12-14H,6-11H2,1-3H3,(H,16,17);5-6,10-13H,7-9H2,1-4H3,(H,15,16);4-5,11-13H,6-10H2,1-3H3,(H,15,16);7-8,11-12H,9-10H2,1-6H3,(H,15,16);4-5,10-12H,6-9H2,1-3H3,(H,14,15);6-7,11-12H,2,8-9H2,1,3-5H3,(H,14,15)/b5-4+;6-5+;5-4+;8-7+;5-4+;7-6+. The smallest absolute Gasteiger partial charge is 0.223 e. The predicted octanol–water partition coefficient (Wildman–Crippen LogP) is 19.6. The van der Waals surface area contributed by atoms with Crippen molar-refractivity contribution in [2.75, 3.05) is 0 Å². The van der Waals surface area contributed by atoms with Crippen molar-refractivity contribution in [3.63, 3.8) is 0 Å². The van der Waals surface area contributed by atoms with Gasteiger partial charge in [-0.05, 0) is 250 Å². The van der Waals surface area contributed by atoms with Gasteiger partial charge in [0.15, 0.2) is 0 Å². The van der Waals surface area contributed by atoms with Gasteiger partial charge < -0.3 is 31.9 Å². The van der Waals surface area contributed by atoms with Crippen molar-refractivity contribution < 1.29 is 28.8 Å². The normalized spacial score (nSPS) is 18.4. The van der Waals surface area contributed by atoms with Crippen LogP contribution in [0.25, 0.3) is 0 Å². The maximum absolute atomic E-state index is 12.1. The van der Waals surface area contributed by atoms with Gasteiger partial charge in [0.1, 0.15) is 0 Å². The van der Waals surface area contributed by atoms with Crippen LogP contribution in [0.2, 0.25) is 0 Å². The van der Waals surface area contributed by atoms with Gasteiger partial charge in [0, 0.05) is 71.8 Å². The molecule has 0 aromatic rings. The molecular weight excluding hydrogens is 1180 g/mol. The lowest BCUT2D eigenvalue weighted by Gasteiger charge is -2.29. The number of rotatable bonds is 35. The second kappa shape index (κ2) is 54.0. The first kappa shape index (κ1) is 92.1. The second-order valence-electron chi connectivity index (χ2n) is 31.2. The van der Waals surface area contributed by atoms with E-state index < -0.39 is 0 Å². The SMILES string of the molecule is C/C=C/CC(CC(C)(C)C)C(=O)NC(C)C.C/C=C/CC(CC1CC1)C(=O)NC(C)C.C/C=C/CC(CC1CC1C)C(=O)NC(C)C.C/C=C/CC(CC1CCC1)C(=O)NC(C)C.C/C=C/CC(CC1CCCC1)C(=O)NC(C)C.C=C(C)CC(C/C=C/C)C(=O)NC(C)C. The molecule has 0 bridgehead atoms. The molecule has 12 heteroatoms. The molecule has 4 saturated carbocycles. The van der Waals surface area contributed by atoms with Crippen LogP contribution in [0.15, 0.2) is 85.1 Å². The van der Waals surface area contributed by atoms with Gasteiger partial charge in [-0.25, -0.2) is 0 Å². The van der Waals surface area contributed by atoms with E-state index in [0.717, 1.165) is 112 Å². The number of hydrogen-bond donors (Lipinski definition) is 6. The van der Waals surface area contributed by atoms with Crippen LogP contribution in [0.5, 0.6) is 0 Å². The summed E-state index contributed by atoms with van der Waals surface area (Å²) in [6.07, 6.45) is 49.2. The molecule has 95 heavy (non-hydrogen) atoms. The first-order chi connectivity index (χ1) is 44.7. The minimum absolute atomic E-state index is 0.0288. The lowest BCUT2D eigenvalue weighted by molar-refractivity contribution is -0.127. The molecule has 4 aliphatic rings. The fourth-order valence-electron chi connectivity index (χ4n) is 11.8. The number of nitrogens with one attached hydrogen (secondary N) is 6. The Morgan fingerprint density at radius 3 is 0.832 bits per heavy atom. The van der Waals surface area contributed by atoms with Crippen LogP contribution in [0.4, 0.5) is 0 Å². The first-order valence-corrected chi connectivity index (χ1v) is 37.8. The van der Waals surface area contributed by atoms with Crippen LogP contribution in [-0.4, -0.2) is 71.7 Å². The minimum Gasteiger partial charge on any atom is -0.354 e. The Hall–Kier alpha value is -5.00. The average molecular weight is 1330 g/mol. The number of carbonyl (C=O) groups is 6. The third-order valence-electron chi connectivity index (χ3n) is 17.3. The summed E-state index contributed by atoms with van der Waals surface area (Å²) >= 11 is 0. The van der Waals surface area contributed by atoms with Crippen LogP contribution >= 0.6 is 0 Å². The molecule has 12 nitrogen and oxygen atoms in total. The highest BCUT2D eigenvalue weighted by molar-refractivity contribution is 5.81. The zero-order chi connectivity index (χ0) is 72.6. The zero-order valence-electron chi connectivity index (χ0n) is 65.5. The molecule has 4 aliphatic carbocycles. The Bertz CT molecular complexity index is 2220. The summed E-state index contributed by atoms with van der Waals surface area (Å²) < 4.78 is 0. The average Bonchev–Trinajstić information content (AvgIpc) is 1.74. The third-order valence-corrected chi connectivity index (χ3v) is 17.3. The van der Waals surface area contributed by atoms with E-state index in [1.54, 1.807) is 0 Å². The topological polar surface area (TPSA) is 175 Å². The van der Waals surface area contributed by atoms with Gasteiger partial charge in [0.2, 0.25) is 35.4 Å². The maximum Gasteiger partial charge on any atom is 0.223 e. The van der Waals surface area contributed by atoms with E-state index in [1.807, 2.05) is 174 Å². The number of hydrogen-bond acceptors (Lipinski definition) is 6. The first-order valence-electron chi connectivity index (χ1n) is 37.8. The van der Waals surface area contributed by atoms with E-state index >= 15 is 0 Å². The Morgan fingerprint density at radius 2 is 0.611 bits per heavy atom. The highest BCUT2D eigenvalue weighted by Crippen LogP contribution is 2.43. The van der Waals surface area contributed by atoms with E-state index in [-0.39, 0.29) is 113 Å². The molecule has 0 aromatic carbocycles. The predicted molar refractivity (Wildman–Crippen MR) is 408 cm³/mol. The van der Waals surface area contributed by atoms with E-state index in [1.165, 1.54) is 64.2 Å². The molecule has 4 fully saturated rings. The third kappa shape index (κ3) is 51.8. The molecule has 0 radical (unpaired) electrons. The van der Waals surface area contributed by atoms with E-state index in [4.69, 9.17) is 0 Å². The van der Waals surface area contributed by atoms with Crippen molar-refractivity contribution in [1.82, 2.24) is 31.9 Å². The molecular formula is C83H150N6O6. The van der Waals surface area contributed by atoms with Crippen molar-refractivity contribution in [3.05, 3.63) is 85.1 Å². The van der Waals surface area contributed by atoms with E-state index in [2.05, 4.69) is 96.6 Å². The Kier molecular flexibility index (Phi) is 52.3. The number of amides is 6. The Morgan fingerprint density at radius 1 is 0.379 bits per heavy atom. The molecule has 8 atom stereocenters. The van der Waals surface area contributed by atoms with Crippen molar-refractivity contribution in [2.24, 2.45) is 70.5 Å². The molecule has 0 aliphatic heterocycles. The van der Waals surface area contributed by atoms with Crippen molar-refractivity contribution in [2.45, 2.75) is 337 Å². The van der Waals surface area contributed by atoms with Crippen molar-refractivity contribution >= 4 is 35.4 Å². The minimum atomic E-state index is 0.0288. The van der Waals surface area contributed by atoms with Crippen LogP contribution in [0, 0.1) is 70.5 Å². The van der Waals surface area contributed by atoms with Crippen molar-refractivity contribution in [1.29, 1.82) is 0 Å². The maximum atomic E-state index is 12.1. The zero-order valence-corrected chi connectivity index (χ0v) is 65.5. The lowest BCUT2D eigenvalue weighted by Crippen LogP contribution is -2.37. The van der Waals surface area contributed by atoms with E-state index in [9.17, 15) is 28.8 Å². The van der Waals surface area contributed by atoms with Crippen LogP contribution < -0.4 is 31.9 Å². The van der Waals surface area contributed by atoms with Gasteiger partial charge in [-0.15, -0.1) is 6.58 Å². The Balaban J connectivity index is 0.